The molecule has 102 valence electrons. The molecule has 1 fully saturated rings. The van der Waals surface area contributed by atoms with Crippen molar-refractivity contribution in [3.05, 3.63) is 21.3 Å². The van der Waals surface area contributed by atoms with E-state index in [2.05, 4.69) is 18.3 Å². The molecule has 1 aliphatic rings. The van der Waals surface area contributed by atoms with Crippen LogP contribution in [0.4, 0.5) is 0 Å². The van der Waals surface area contributed by atoms with E-state index in [-0.39, 0.29) is 0 Å². The van der Waals surface area contributed by atoms with Crippen molar-refractivity contribution in [2.24, 2.45) is 0 Å². The molecule has 1 saturated heterocycles. The van der Waals surface area contributed by atoms with E-state index < -0.39 is 0 Å². The number of halogens is 1. The SMILES string of the molecule is CCNC(Cc1ccc(Cl)s1)CC1CCCCO1. The van der Waals surface area contributed by atoms with Crippen LogP contribution in [0.25, 0.3) is 0 Å². The van der Waals surface area contributed by atoms with Gasteiger partial charge in [-0.15, -0.1) is 11.3 Å². The lowest BCUT2D eigenvalue weighted by molar-refractivity contribution is 0.00539. The number of hydrogen-bond acceptors (Lipinski definition) is 3. The zero-order valence-corrected chi connectivity index (χ0v) is 12.5. The van der Waals surface area contributed by atoms with Gasteiger partial charge >= 0.3 is 0 Å². The van der Waals surface area contributed by atoms with Crippen molar-refractivity contribution in [3.8, 4) is 0 Å². The Morgan fingerprint density at radius 3 is 3.00 bits per heavy atom. The van der Waals surface area contributed by atoms with Gasteiger partial charge in [-0.1, -0.05) is 18.5 Å². The second-order valence-corrected chi connectivity index (χ2v) is 6.69. The Bertz CT molecular complexity index is 349. The van der Waals surface area contributed by atoms with Gasteiger partial charge in [0.2, 0.25) is 0 Å². The van der Waals surface area contributed by atoms with Crippen LogP contribution < -0.4 is 5.32 Å². The van der Waals surface area contributed by atoms with Gasteiger partial charge in [0, 0.05) is 17.5 Å². The largest absolute Gasteiger partial charge is 0.378 e. The first-order valence-electron chi connectivity index (χ1n) is 6.87. The zero-order valence-electron chi connectivity index (χ0n) is 11.0. The third-order valence-corrected chi connectivity index (χ3v) is 4.64. The highest BCUT2D eigenvalue weighted by Gasteiger charge is 2.19. The Morgan fingerprint density at radius 2 is 2.39 bits per heavy atom. The Morgan fingerprint density at radius 1 is 1.50 bits per heavy atom. The predicted molar refractivity (Wildman–Crippen MR) is 78.7 cm³/mol. The third-order valence-electron chi connectivity index (χ3n) is 3.39. The van der Waals surface area contributed by atoms with Gasteiger partial charge < -0.3 is 10.1 Å². The monoisotopic (exact) mass is 287 g/mol. The van der Waals surface area contributed by atoms with Crippen LogP contribution >= 0.6 is 22.9 Å². The van der Waals surface area contributed by atoms with Crippen LogP contribution in [0.15, 0.2) is 12.1 Å². The third kappa shape index (κ3) is 4.54. The van der Waals surface area contributed by atoms with Crippen LogP contribution in [-0.2, 0) is 11.2 Å². The van der Waals surface area contributed by atoms with Crippen molar-refractivity contribution in [3.63, 3.8) is 0 Å². The van der Waals surface area contributed by atoms with Crippen LogP contribution in [-0.4, -0.2) is 25.3 Å². The molecule has 0 aromatic carbocycles. The molecule has 2 heterocycles. The maximum atomic E-state index is 5.99. The highest BCUT2D eigenvalue weighted by atomic mass is 35.5. The normalized spacial score (nSPS) is 22.0. The Hall–Kier alpha value is -0.0900. The highest BCUT2D eigenvalue weighted by molar-refractivity contribution is 7.16. The summed E-state index contributed by atoms with van der Waals surface area (Å²) in [5, 5.41) is 3.57. The second-order valence-electron chi connectivity index (χ2n) is 4.89. The molecule has 1 N–H and O–H groups in total. The summed E-state index contributed by atoms with van der Waals surface area (Å²) in [4.78, 5) is 1.36. The van der Waals surface area contributed by atoms with E-state index in [1.165, 1.54) is 24.1 Å². The van der Waals surface area contributed by atoms with E-state index in [1.807, 2.05) is 6.07 Å². The minimum absolute atomic E-state index is 0.443. The minimum atomic E-state index is 0.443. The molecule has 1 aromatic rings. The van der Waals surface area contributed by atoms with Crippen molar-refractivity contribution in [1.29, 1.82) is 0 Å². The van der Waals surface area contributed by atoms with E-state index in [9.17, 15) is 0 Å². The smallest absolute Gasteiger partial charge is 0.0931 e. The molecule has 0 aliphatic carbocycles. The molecule has 4 heteroatoms. The molecule has 0 bridgehead atoms. The van der Waals surface area contributed by atoms with Crippen LogP contribution in [0.2, 0.25) is 4.34 Å². The quantitative estimate of drug-likeness (QED) is 0.857. The number of rotatable bonds is 6. The summed E-state index contributed by atoms with van der Waals surface area (Å²) >= 11 is 7.67. The Labute approximate surface area is 119 Å². The second kappa shape index (κ2) is 7.49. The van der Waals surface area contributed by atoms with Crippen molar-refractivity contribution in [2.45, 2.75) is 51.2 Å². The summed E-state index contributed by atoms with van der Waals surface area (Å²) < 4.78 is 6.72. The summed E-state index contributed by atoms with van der Waals surface area (Å²) in [6.07, 6.45) is 6.37. The maximum absolute atomic E-state index is 5.99. The van der Waals surface area contributed by atoms with Gasteiger partial charge in [0.05, 0.1) is 10.4 Å². The van der Waals surface area contributed by atoms with E-state index >= 15 is 0 Å². The molecule has 18 heavy (non-hydrogen) atoms. The van der Waals surface area contributed by atoms with Gasteiger partial charge in [0.15, 0.2) is 0 Å². The van der Waals surface area contributed by atoms with Crippen molar-refractivity contribution in [1.82, 2.24) is 5.32 Å². The fourth-order valence-corrected chi connectivity index (χ4v) is 3.71. The molecule has 2 unspecified atom stereocenters. The number of nitrogens with one attached hydrogen (secondary N) is 1. The molecule has 0 radical (unpaired) electrons. The first kappa shape index (κ1) is 14.3. The van der Waals surface area contributed by atoms with Gasteiger partial charge in [-0.05, 0) is 50.8 Å². The molecular weight excluding hydrogens is 266 g/mol. The topological polar surface area (TPSA) is 21.3 Å². The maximum Gasteiger partial charge on any atom is 0.0931 e. The molecular formula is C14H22ClNOS. The van der Waals surface area contributed by atoms with Crippen LogP contribution in [0.3, 0.4) is 0 Å². The van der Waals surface area contributed by atoms with Crippen molar-refractivity contribution in [2.75, 3.05) is 13.2 Å². The molecule has 0 spiro atoms. The standard InChI is InChI=1S/C14H22ClNOS/c1-2-16-11(9-12-5-3-4-8-17-12)10-13-6-7-14(15)18-13/h6-7,11-12,16H,2-5,8-10H2,1H3. The Balaban J connectivity index is 1.86. The first-order chi connectivity index (χ1) is 8.78. The van der Waals surface area contributed by atoms with Gasteiger partial charge in [-0.25, -0.2) is 0 Å². The van der Waals surface area contributed by atoms with Gasteiger partial charge in [-0.3, -0.25) is 0 Å². The van der Waals surface area contributed by atoms with Crippen LogP contribution in [0, 0.1) is 0 Å². The average Bonchev–Trinajstić information content (AvgIpc) is 2.76. The molecule has 0 saturated carbocycles. The Kier molecular flexibility index (Phi) is 5.96. The minimum Gasteiger partial charge on any atom is -0.378 e. The highest BCUT2D eigenvalue weighted by Crippen LogP contribution is 2.24. The summed E-state index contributed by atoms with van der Waals surface area (Å²) in [5.41, 5.74) is 0. The molecule has 2 rings (SSSR count). The predicted octanol–water partition coefficient (Wildman–Crippen LogP) is 3.88. The number of thiophene rings is 1. The average molecular weight is 288 g/mol. The lowest BCUT2D eigenvalue weighted by atomic mass is 9.99. The fourth-order valence-electron chi connectivity index (χ4n) is 2.54. The van der Waals surface area contributed by atoms with Gasteiger partial charge in [-0.2, -0.15) is 0 Å². The van der Waals surface area contributed by atoms with Gasteiger partial charge in [0.25, 0.3) is 0 Å². The molecule has 2 nitrogen and oxygen atoms in total. The lowest BCUT2D eigenvalue weighted by Gasteiger charge is -2.27. The van der Waals surface area contributed by atoms with E-state index in [0.29, 0.717) is 12.1 Å². The molecule has 0 amide bonds. The number of ether oxygens (including phenoxy) is 1. The fraction of sp³-hybridized carbons (Fsp3) is 0.714. The summed E-state index contributed by atoms with van der Waals surface area (Å²) in [6, 6.07) is 4.63. The molecule has 1 aliphatic heterocycles. The zero-order chi connectivity index (χ0) is 12.8. The van der Waals surface area contributed by atoms with E-state index in [1.54, 1.807) is 11.3 Å². The van der Waals surface area contributed by atoms with Crippen molar-refractivity contribution < 1.29 is 4.74 Å². The summed E-state index contributed by atoms with van der Waals surface area (Å²) in [5.74, 6) is 0. The van der Waals surface area contributed by atoms with Crippen molar-refractivity contribution >= 4 is 22.9 Å². The van der Waals surface area contributed by atoms with E-state index in [0.717, 1.165) is 30.3 Å². The first-order valence-corrected chi connectivity index (χ1v) is 8.06. The lowest BCUT2D eigenvalue weighted by Crippen LogP contribution is -2.36. The molecule has 2 atom stereocenters. The number of likely N-dealkylation sites (N-methyl/N-ethyl adjacent to an activating group) is 1. The summed E-state index contributed by atoms with van der Waals surface area (Å²) in [6.45, 7) is 4.11. The van der Waals surface area contributed by atoms with E-state index in [4.69, 9.17) is 16.3 Å². The summed E-state index contributed by atoms with van der Waals surface area (Å²) in [7, 11) is 0. The molecule has 1 aromatic heterocycles. The van der Waals surface area contributed by atoms with Crippen LogP contribution in [0.5, 0.6) is 0 Å². The van der Waals surface area contributed by atoms with Gasteiger partial charge in [0.1, 0.15) is 0 Å². The van der Waals surface area contributed by atoms with Crippen LogP contribution in [0.1, 0.15) is 37.5 Å². The number of hydrogen-bond donors (Lipinski definition) is 1.